The molecule has 1 fully saturated rings. The van der Waals surface area contributed by atoms with E-state index in [1.807, 2.05) is 0 Å². The normalized spacial score (nSPS) is 24.1. The standard InChI is InChI=1S/C14H21FN2O/c1-14(2)6-5-13(9-18)17(10-14)8-12-4-3-11(15)7-16-12/h3-4,7,13,18H,5-6,8-10H2,1-2H3. The summed E-state index contributed by atoms with van der Waals surface area (Å²) in [6.45, 7) is 6.28. The molecule has 1 aromatic heterocycles. The quantitative estimate of drug-likeness (QED) is 0.896. The fraction of sp³-hybridized carbons (Fsp3) is 0.643. The van der Waals surface area contributed by atoms with Crippen molar-refractivity contribution in [3.8, 4) is 0 Å². The number of hydrogen-bond donors (Lipinski definition) is 1. The highest BCUT2D eigenvalue weighted by Gasteiger charge is 2.32. The van der Waals surface area contributed by atoms with Gasteiger partial charge in [-0.25, -0.2) is 4.39 Å². The minimum absolute atomic E-state index is 0.178. The average Bonchev–Trinajstić information content (AvgIpc) is 2.31. The molecule has 0 amide bonds. The Bertz CT molecular complexity index is 391. The van der Waals surface area contributed by atoms with Gasteiger partial charge in [-0.3, -0.25) is 9.88 Å². The Hall–Kier alpha value is -1.00. The molecule has 0 bridgehead atoms. The van der Waals surface area contributed by atoms with Crippen molar-refractivity contribution in [2.75, 3.05) is 13.2 Å². The molecule has 1 atom stereocenters. The molecule has 3 nitrogen and oxygen atoms in total. The molecule has 0 saturated carbocycles. The molecule has 4 heteroatoms. The Labute approximate surface area is 108 Å². The van der Waals surface area contributed by atoms with Crippen molar-refractivity contribution < 1.29 is 9.50 Å². The number of piperidine rings is 1. The van der Waals surface area contributed by atoms with Gasteiger partial charge in [0.1, 0.15) is 5.82 Å². The minimum Gasteiger partial charge on any atom is -0.395 e. The van der Waals surface area contributed by atoms with E-state index in [1.165, 1.54) is 12.3 Å². The van der Waals surface area contributed by atoms with Gasteiger partial charge < -0.3 is 5.11 Å². The Morgan fingerprint density at radius 3 is 2.89 bits per heavy atom. The summed E-state index contributed by atoms with van der Waals surface area (Å²) in [6.07, 6.45) is 3.38. The largest absolute Gasteiger partial charge is 0.395 e. The summed E-state index contributed by atoms with van der Waals surface area (Å²) < 4.78 is 12.8. The maximum absolute atomic E-state index is 12.8. The third-order valence-electron chi connectivity index (χ3n) is 3.67. The first-order valence-electron chi connectivity index (χ1n) is 6.45. The Balaban J connectivity index is 2.07. The number of likely N-dealkylation sites (tertiary alicyclic amines) is 1. The minimum atomic E-state index is -0.309. The maximum atomic E-state index is 12.8. The van der Waals surface area contributed by atoms with Gasteiger partial charge in [-0.2, -0.15) is 0 Å². The zero-order valence-electron chi connectivity index (χ0n) is 11.1. The van der Waals surface area contributed by atoms with Crippen LogP contribution in [0.2, 0.25) is 0 Å². The predicted molar refractivity (Wildman–Crippen MR) is 68.5 cm³/mol. The first-order valence-corrected chi connectivity index (χ1v) is 6.45. The molecule has 0 spiro atoms. The van der Waals surface area contributed by atoms with E-state index < -0.39 is 0 Å². The molecular weight excluding hydrogens is 231 g/mol. The van der Waals surface area contributed by atoms with E-state index in [0.717, 1.165) is 25.1 Å². The highest BCUT2D eigenvalue weighted by Crippen LogP contribution is 2.32. The third-order valence-corrected chi connectivity index (χ3v) is 3.67. The molecule has 100 valence electrons. The molecule has 1 aliphatic rings. The number of aromatic nitrogens is 1. The number of pyridine rings is 1. The van der Waals surface area contributed by atoms with Crippen LogP contribution in [0, 0.1) is 11.2 Å². The van der Waals surface area contributed by atoms with E-state index in [4.69, 9.17) is 0 Å². The number of hydrogen-bond acceptors (Lipinski definition) is 3. The molecule has 1 unspecified atom stereocenters. The van der Waals surface area contributed by atoms with Crippen molar-refractivity contribution >= 4 is 0 Å². The van der Waals surface area contributed by atoms with Crippen molar-refractivity contribution in [3.05, 3.63) is 29.8 Å². The van der Waals surface area contributed by atoms with Crippen molar-refractivity contribution in [1.29, 1.82) is 0 Å². The Morgan fingerprint density at radius 1 is 1.50 bits per heavy atom. The number of rotatable bonds is 3. The Kier molecular flexibility index (Phi) is 3.97. The van der Waals surface area contributed by atoms with Gasteiger partial charge in [0.25, 0.3) is 0 Å². The van der Waals surface area contributed by atoms with Crippen molar-refractivity contribution in [3.63, 3.8) is 0 Å². The average molecular weight is 252 g/mol. The van der Waals surface area contributed by atoms with Crippen LogP contribution < -0.4 is 0 Å². The molecule has 0 aliphatic carbocycles. The van der Waals surface area contributed by atoms with Crippen LogP contribution in [-0.2, 0) is 6.54 Å². The van der Waals surface area contributed by atoms with Gasteiger partial charge >= 0.3 is 0 Å². The predicted octanol–water partition coefficient (Wildman–Crippen LogP) is 2.20. The fourth-order valence-electron chi connectivity index (χ4n) is 2.60. The van der Waals surface area contributed by atoms with E-state index in [9.17, 15) is 9.50 Å². The Morgan fingerprint density at radius 2 is 2.28 bits per heavy atom. The zero-order valence-corrected chi connectivity index (χ0v) is 11.1. The van der Waals surface area contributed by atoms with Crippen molar-refractivity contribution in [1.82, 2.24) is 9.88 Å². The van der Waals surface area contributed by atoms with Gasteiger partial charge in [0.15, 0.2) is 0 Å². The molecule has 2 heterocycles. The lowest BCUT2D eigenvalue weighted by Crippen LogP contribution is -2.47. The summed E-state index contributed by atoms with van der Waals surface area (Å²) in [5, 5.41) is 9.43. The van der Waals surface area contributed by atoms with Crippen LogP contribution in [-0.4, -0.2) is 34.2 Å². The van der Waals surface area contributed by atoms with Crippen LogP contribution >= 0.6 is 0 Å². The molecule has 1 aromatic rings. The van der Waals surface area contributed by atoms with E-state index in [0.29, 0.717) is 6.54 Å². The van der Waals surface area contributed by atoms with Gasteiger partial charge in [0, 0.05) is 19.1 Å². The highest BCUT2D eigenvalue weighted by molar-refractivity contribution is 5.06. The molecule has 0 aromatic carbocycles. The van der Waals surface area contributed by atoms with Crippen molar-refractivity contribution in [2.45, 2.75) is 39.3 Å². The molecular formula is C14H21FN2O. The van der Waals surface area contributed by atoms with Crippen LogP contribution in [0.4, 0.5) is 4.39 Å². The second-order valence-corrected chi connectivity index (χ2v) is 5.91. The van der Waals surface area contributed by atoms with Crippen molar-refractivity contribution in [2.24, 2.45) is 5.41 Å². The van der Waals surface area contributed by atoms with E-state index >= 15 is 0 Å². The fourth-order valence-corrected chi connectivity index (χ4v) is 2.60. The topological polar surface area (TPSA) is 36.4 Å². The van der Waals surface area contributed by atoms with Crippen LogP contribution in [0.1, 0.15) is 32.4 Å². The number of aliphatic hydroxyl groups excluding tert-OH is 1. The number of nitrogens with zero attached hydrogens (tertiary/aromatic N) is 2. The van der Waals surface area contributed by atoms with E-state index in [-0.39, 0.29) is 23.9 Å². The summed E-state index contributed by atoms with van der Waals surface area (Å²) in [6, 6.07) is 3.35. The maximum Gasteiger partial charge on any atom is 0.141 e. The van der Waals surface area contributed by atoms with E-state index in [2.05, 4.69) is 23.7 Å². The summed E-state index contributed by atoms with van der Waals surface area (Å²) in [7, 11) is 0. The first-order chi connectivity index (χ1) is 8.50. The summed E-state index contributed by atoms with van der Waals surface area (Å²) in [5.41, 5.74) is 1.12. The summed E-state index contributed by atoms with van der Waals surface area (Å²) in [5.74, 6) is -0.309. The number of halogens is 1. The molecule has 1 N–H and O–H groups in total. The second kappa shape index (κ2) is 5.33. The number of aliphatic hydroxyl groups is 1. The molecule has 18 heavy (non-hydrogen) atoms. The highest BCUT2D eigenvalue weighted by atomic mass is 19.1. The van der Waals surface area contributed by atoms with Gasteiger partial charge in [-0.05, 0) is 30.4 Å². The lowest BCUT2D eigenvalue weighted by molar-refractivity contribution is 0.0254. The van der Waals surface area contributed by atoms with E-state index in [1.54, 1.807) is 6.07 Å². The van der Waals surface area contributed by atoms with Gasteiger partial charge in [0.05, 0.1) is 18.5 Å². The molecule has 2 rings (SSSR count). The lowest BCUT2D eigenvalue weighted by atomic mass is 9.81. The lowest BCUT2D eigenvalue weighted by Gasteiger charge is -2.43. The molecule has 1 aliphatic heterocycles. The SMILES string of the molecule is CC1(C)CCC(CO)N(Cc2ccc(F)cn2)C1. The molecule has 0 radical (unpaired) electrons. The van der Waals surface area contributed by atoms with Crippen LogP contribution in [0.15, 0.2) is 18.3 Å². The zero-order chi connectivity index (χ0) is 13.2. The van der Waals surface area contributed by atoms with Gasteiger partial charge in [-0.15, -0.1) is 0 Å². The van der Waals surface area contributed by atoms with Crippen LogP contribution in [0.5, 0.6) is 0 Å². The van der Waals surface area contributed by atoms with Gasteiger partial charge in [0.2, 0.25) is 0 Å². The first kappa shape index (κ1) is 13.4. The van der Waals surface area contributed by atoms with Crippen LogP contribution in [0.25, 0.3) is 0 Å². The summed E-state index contributed by atoms with van der Waals surface area (Å²) >= 11 is 0. The molecule has 1 saturated heterocycles. The van der Waals surface area contributed by atoms with Crippen LogP contribution in [0.3, 0.4) is 0 Å². The second-order valence-electron chi connectivity index (χ2n) is 5.91. The smallest absolute Gasteiger partial charge is 0.141 e. The monoisotopic (exact) mass is 252 g/mol. The summed E-state index contributed by atoms with van der Waals surface area (Å²) in [4.78, 5) is 6.34. The van der Waals surface area contributed by atoms with Gasteiger partial charge in [-0.1, -0.05) is 13.8 Å². The third kappa shape index (κ3) is 3.27.